The molecule has 0 aliphatic heterocycles. The van der Waals surface area contributed by atoms with Crippen molar-refractivity contribution >= 4 is 17.4 Å². The van der Waals surface area contributed by atoms with Gasteiger partial charge in [-0.05, 0) is 12.5 Å². The summed E-state index contributed by atoms with van der Waals surface area (Å²) in [6.07, 6.45) is 4.98. The third-order valence-electron chi connectivity index (χ3n) is 2.67. The molecule has 0 aromatic carbocycles. The van der Waals surface area contributed by atoms with Crippen LogP contribution in [0.4, 0.5) is 5.82 Å². The lowest BCUT2D eigenvalue weighted by Gasteiger charge is -2.22. The highest BCUT2D eigenvalue weighted by Gasteiger charge is 2.16. The number of nitrogens with two attached hydrogens (primary N) is 1. The van der Waals surface area contributed by atoms with E-state index in [2.05, 4.69) is 31.1 Å². The zero-order valence-electron chi connectivity index (χ0n) is 10.8. The molecule has 1 atom stereocenters. The summed E-state index contributed by atoms with van der Waals surface area (Å²) >= 11 is 5.99. The van der Waals surface area contributed by atoms with Crippen molar-refractivity contribution < 1.29 is 0 Å². The van der Waals surface area contributed by atoms with Crippen LogP contribution < -0.4 is 11.1 Å². The number of halogens is 1. The largest absolute Gasteiger partial charge is 0.383 e. The number of nitrogens with zero attached hydrogens (tertiary/aromatic N) is 1. The zero-order chi connectivity index (χ0) is 12.8. The van der Waals surface area contributed by atoms with Crippen LogP contribution in [-0.4, -0.2) is 11.0 Å². The molecule has 1 aromatic rings. The van der Waals surface area contributed by atoms with Crippen LogP contribution in [0, 0.1) is 0 Å². The molecular formula is C13H22ClN3. The maximum Gasteiger partial charge on any atom is 0.128 e. The van der Waals surface area contributed by atoms with Gasteiger partial charge in [-0.25, -0.2) is 4.98 Å². The summed E-state index contributed by atoms with van der Waals surface area (Å²) in [5.74, 6) is 0.573. The highest BCUT2D eigenvalue weighted by molar-refractivity contribution is 6.30. The third kappa shape index (κ3) is 4.52. The van der Waals surface area contributed by atoms with E-state index in [-0.39, 0.29) is 6.04 Å². The van der Waals surface area contributed by atoms with Gasteiger partial charge in [-0.1, -0.05) is 45.2 Å². The smallest absolute Gasteiger partial charge is 0.128 e. The number of nitrogen functional groups attached to an aromatic ring is 1. The van der Waals surface area contributed by atoms with Gasteiger partial charge in [0.05, 0.1) is 5.02 Å². The highest BCUT2D eigenvalue weighted by Crippen LogP contribution is 2.26. The lowest BCUT2D eigenvalue weighted by molar-refractivity contribution is 0.440. The van der Waals surface area contributed by atoms with Crippen molar-refractivity contribution in [3.8, 4) is 0 Å². The average molecular weight is 256 g/mol. The summed E-state index contributed by atoms with van der Waals surface area (Å²) in [7, 11) is 0. The van der Waals surface area contributed by atoms with Gasteiger partial charge in [0.2, 0.25) is 0 Å². The Kier molecular flexibility index (Phi) is 5.72. The molecule has 0 bridgehead atoms. The standard InChI is InChI=1S/C13H22ClN3/c1-4-5-6-12(17-9(2)3)11-7-10(14)8-16-13(11)15/h7-9,12,17H,4-6H2,1-3H3,(H2,15,16). The number of rotatable bonds is 6. The van der Waals surface area contributed by atoms with Crippen LogP contribution in [0.5, 0.6) is 0 Å². The predicted octanol–water partition coefficient (Wildman–Crippen LogP) is 3.55. The number of anilines is 1. The summed E-state index contributed by atoms with van der Waals surface area (Å²) in [6.45, 7) is 6.45. The number of hydrogen-bond donors (Lipinski definition) is 2. The molecule has 1 heterocycles. The van der Waals surface area contributed by atoms with Crippen molar-refractivity contribution in [1.29, 1.82) is 0 Å². The first-order valence-electron chi connectivity index (χ1n) is 6.21. The van der Waals surface area contributed by atoms with Gasteiger partial charge in [-0.2, -0.15) is 0 Å². The van der Waals surface area contributed by atoms with E-state index in [9.17, 15) is 0 Å². The van der Waals surface area contributed by atoms with Crippen LogP contribution in [0.15, 0.2) is 12.3 Å². The molecule has 0 spiro atoms. The minimum Gasteiger partial charge on any atom is -0.383 e. The normalized spacial score (nSPS) is 13.0. The van der Waals surface area contributed by atoms with Crippen LogP contribution >= 0.6 is 11.6 Å². The van der Waals surface area contributed by atoms with Crippen LogP contribution in [0.25, 0.3) is 0 Å². The number of hydrogen-bond acceptors (Lipinski definition) is 3. The highest BCUT2D eigenvalue weighted by atomic mass is 35.5. The van der Waals surface area contributed by atoms with E-state index in [1.165, 1.54) is 6.42 Å². The summed E-state index contributed by atoms with van der Waals surface area (Å²) < 4.78 is 0. The van der Waals surface area contributed by atoms with E-state index in [1.807, 2.05) is 6.07 Å². The maximum atomic E-state index is 5.99. The van der Waals surface area contributed by atoms with E-state index in [1.54, 1.807) is 6.20 Å². The first kappa shape index (κ1) is 14.3. The molecule has 96 valence electrons. The molecule has 0 saturated carbocycles. The van der Waals surface area contributed by atoms with Gasteiger partial charge < -0.3 is 11.1 Å². The Labute approximate surface area is 109 Å². The minimum absolute atomic E-state index is 0.237. The molecule has 0 aliphatic carbocycles. The molecule has 1 rings (SSSR count). The fraction of sp³-hybridized carbons (Fsp3) is 0.615. The van der Waals surface area contributed by atoms with Crippen LogP contribution in [0.1, 0.15) is 51.6 Å². The molecule has 17 heavy (non-hydrogen) atoms. The summed E-state index contributed by atoms with van der Waals surface area (Å²) in [4.78, 5) is 4.12. The topological polar surface area (TPSA) is 50.9 Å². The van der Waals surface area contributed by atoms with Crippen LogP contribution in [0.2, 0.25) is 5.02 Å². The molecule has 0 radical (unpaired) electrons. The van der Waals surface area contributed by atoms with Crippen LogP contribution in [0.3, 0.4) is 0 Å². The van der Waals surface area contributed by atoms with E-state index < -0.39 is 0 Å². The average Bonchev–Trinajstić information content (AvgIpc) is 2.27. The Morgan fingerprint density at radius 2 is 2.18 bits per heavy atom. The fourth-order valence-electron chi connectivity index (χ4n) is 1.88. The maximum absolute atomic E-state index is 5.99. The lowest BCUT2D eigenvalue weighted by atomic mass is 10.0. The van der Waals surface area contributed by atoms with Gasteiger partial charge in [-0.15, -0.1) is 0 Å². The summed E-state index contributed by atoms with van der Waals surface area (Å²) in [5, 5.41) is 4.16. The quantitative estimate of drug-likeness (QED) is 0.817. The first-order valence-corrected chi connectivity index (χ1v) is 6.59. The molecule has 0 saturated heterocycles. The summed E-state index contributed by atoms with van der Waals surface area (Å²) in [6, 6.07) is 2.57. The van der Waals surface area contributed by atoms with Gasteiger partial charge in [-0.3, -0.25) is 0 Å². The minimum atomic E-state index is 0.237. The molecule has 4 heteroatoms. The summed E-state index contributed by atoms with van der Waals surface area (Å²) in [5.41, 5.74) is 6.94. The van der Waals surface area contributed by atoms with Gasteiger partial charge >= 0.3 is 0 Å². The van der Waals surface area contributed by atoms with Crippen molar-refractivity contribution in [3.63, 3.8) is 0 Å². The lowest BCUT2D eigenvalue weighted by Crippen LogP contribution is -2.29. The SMILES string of the molecule is CCCCC(NC(C)C)c1cc(Cl)cnc1N. The van der Waals surface area contributed by atoms with E-state index in [0.717, 1.165) is 18.4 Å². The number of aromatic nitrogens is 1. The van der Waals surface area contributed by atoms with E-state index >= 15 is 0 Å². The monoisotopic (exact) mass is 255 g/mol. The van der Waals surface area contributed by atoms with Crippen molar-refractivity contribution in [2.45, 2.75) is 52.1 Å². The van der Waals surface area contributed by atoms with Gasteiger partial charge in [0.15, 0.2) is 0 Å². The first-order chi connectivity index (χ1) is 8.04. The second-order valence-corrected chi connectivity index (χ2v) is 5.08. The molecule has 1 aromatic heterocycles. The Balaban J connectivity index is 2.90. The molecule has 1 unspecified atom stereocenters. The zero-order valence-corrected chi connectivity index (χ0v) is 11.6. The second-order valence-electron chi connectivity index (χ2n) is 4.64. The van der Waals surface area contributed by atoms with Gasteiger partial charge in [0.25, 0.3) is 0 Å². The van der Waals surface area contributed by atoms with Crippen molar-refractivity contribution in [2.75, 3.05) is 5.73 Å². The molecular weight excluding hydrogens is 234 g/mol. The van der Waals surface area contributed by atoms with E-state index in [0.29, 0.717) is 16.9 Å². The third-order valence-corrected chi connectivity index (χ3v) is 2.88. The number of unbranched alkanes of at least 4 members (excludes halogenated alkanes) is 1. The van der Waals surface area contributed by atoms with Crippen molar-refractivity contribution in [2.24, 2.45) is 0 Å². The van der Waals surface area contributed by atoms with Crippen molar-refractivity contribution in [1.82, 2.24) is 10.3 Å². The molecule has 3 nitrogen and oxygen atoms in total. The Bertz CT molecular complexity index is 353. The molecule has 0 amide bonds. The molecule has 0 fully saturated rings. The van der Waals surface area contributed by atoms with Crippen molar-refractivity contribution in [3.05, 3.63) is 22.8 Å². The number of pyridine rings is 1. The number of nitrogens with one attached hydrogen (secondary N) is 1. The Morgan fingerprint density at radius 3 is 2.76 bits per heavy atom. The Morgan fingerprint density at radius 1 is 1.47 bits per heavy atom. The predicted molar refractivity (Wildman–Crippen MR) is 74.2 cm³/mol. The van der Waals surface area contributed by atoms with Gasteiger partial charge in [0.1, 0.15) is 5.82 Å². The second kappa shape index (κ2) is 6.82. The molecule has 3 N–H and O–H groups in total. The van der Waals surface area contributed by atoms with E-state index in [4.69, 9.17) is 17.3 Å². The van der Waals surface area contributed by atoms with Crippen LogP contribution in [-0.2, 0) is 0 Å². The Hall–Kier alpha value is -0.800. The van der Waals surface area contributed by atoms with Gasteiger partial charge in [0, 0.05) is 23.8 Å². The molecule has 0 aliphatic rings. The fourth-order valence-corrected chi connectivity index (χ4v) is 2.05.